The van der Waals surface area contributed by atoms with Crippen LogP contribution in [0.25, 0.3) is 11.3 Å². The van der Waals surface area contributed by atoms with E-state index in [0.717, 1.165) is 31.2 Å². The zero-order chi connectivity index (χ0) is 22.1. The van der Waals surface area contributed by atoms with Crippen LogP contribution in [0.3, 0.4) is 0 Å². The lowest BCUT2D eigenvalue weighted by atomic mass is 9.96. The van der Waals surface area contributed by atoms with E-state index >= 15 is 0 Å². The highest BCUT2D eigenvalue weighted by atomic mass is 35.5. The Hall–Kier alpha value is -2.44. The van der Waals surface area contributed by atoms with Crippen molar-refractivity contribution in [2.75, 3.05) is 5.32 Å². The summed E-state index contributed by atoms with van der Waals surface area (Å²) in [6, 6.07) is 7.28. The van der Waals surface area contributed by atoms with Gasteiger partial charge in [0.05, 0.1) is 15.6 Å². The smallest absolute Gasteiger partial charge is 0.263 e. The predicted octanol–water partition coefficient (Wildman–Crippen LogP) is 5.90. The predicted molar refractivity (Wildman–Crippen MR) is 126 cm³/mol. The molecule has 2 aromatic heterocycles. The van der Waals surface area contributed by atoms with Gasteiger partial charge in [-0.15, -0.1) is 11.3 Å². The largest absolute Gasteiger partial charge is 0.360 e. The van der Waals surface area contributed by atoms with Crippen LogP contribution in [-0.2, 0) is 12.8 Å². The summed E-state index contributed by atoms with van der Waals surface area (Å²) in [4.78, 5) is 14.2. The maximum atomic E-state index is 13.0. The highest BCUT2D eigenvalue weighted by Crippen LogP contribution is 2.38. The first-order valence-electron chi connectivity index (χ1n) is 9.48. The molecule has 3 aromatic rings. The lowest BCUT2D eigenvalue weighted by Crippen LogP contribution is -2.34. The van der Waals surface area contributed by atoms with Gasteiger partial charge in [-0.2, -0.15) is 5.26 Å². The Kier molecular flexibility index (Phi) is 6.30. The number of fused-ring (bicyclic) bond motifs is 1. The third-order valence-corrected chi connectivity index (χ3v) is 7.07. The summed E-state index contributed by atoms with van der Waals surface area (Å²) < 4.78 is 5.24. The highest BCUT2D eigenvalue weighted by Gasteiger charge is 2.26. The fraction of sp³-hybridized carbons (Fsp3) is 0.238. The standard InChI is InChI=1S/C21H16Cl2N4O2S2/c1-10-16(18(27-29-10)17-13(22)6-4-7-14(17)23)19(28)25-21(30)26-20-12(9-24)11-5-2-3-8-15(11)31-20/h4,6-7H,2-3,5,8H2,1H3,(H2,25,26,28,30). The topological polar surface area (TPSA) is 90.9 Å². The van der Waals surface area contributed by atoms with E-state index in [4.69, 9.17) is 39.9 Å². The van der Waals surface area contributed by atoms with E-state index in [2.05, 4.69) is 21.9 Å². The van der Waals surface area contributed by atoms with Crippen LogP contribution in [-0.4, -0.2) is 16.2 Å². The molecular weight excluding hydrogens is 475 g/mol. The summed E-state index contributed by atoms with van der Waals surface area (Å²) in [6.07, 6.45) is 4.02. The molecule has 2 N–H and O–H groups in total. The monoisotopic (exact) mass is 490 g/mol. The van der Waals surface area contributed by atoms with Gasteiger partial charge in [-0.25, -0.2) is 0 Å². The number of nitrogens with zero attached hydrogens (tertiary/aromatic N) is 2. The molecule has 0 saturated carbocycles. The number of thiophene rings is 1. The van der Waals surface area contributed by atoms with E-state index in [1.807, 2.05) is 0 Å². The van der Waals surface area contributed by atoms with Crippen molar-refractivity contribution in [3.63, 3.8) is 0 Å². The van der Waals surface area contributed by atoms with Crippen molar-refractivity contribution in [1.29, 1.82) is 5.26 Å². The van der Waals surface area contributed by atoms with Gasteiger partial charge in [-0.05, 0) is 62.5 Å². The van der Waals surface area contributed by atoms with Gasteiger partial charge in [0, 0.05) is 10.4 Å². The van der Waals surface area contributed by atoms with Gasteiger partial charge in [0.1, 0.15) is 28.1 Å². The first-order valence-corrected chi connectivity index (χ1v) is 11.5. The zero-order valence-corrected chi connectivity index (χ0v) is 19.5. The van der Waals surface area contributed by atoms with Crippen molar-refractivity contribution in [2.24, 2.45) is 0 Å². The van der Waals surface area contributed by atoms with Gasteiger partial charge in [-0.3, -0.25) is 10.1 Å². The molecule has 1 aromatic carbocycles. The summed E-state index contributed by atoms with van der Waals surface area (Å²) in [5.74, 6) is -0.211. The second kappa shape index (κ2) is 8.97. The van der Waals surface area contributed by atoms with Crippen LogP contribution >= 0.6 is 46.8 Å². The molecule has 1 aliphatic rings. The number of rotatable bonds is 3. The SMILES string of the molecule is Cc1onc(-c2c(Cl)cccc2Cl)c1C(=O)NC(=S)Nc1sc2c(c1C#N)CCCC2. The maximum absolute atomic E-state index is 13.0. The molecule has 0 fully saturated rings. The van der Waals surface area contributed by atoms with Crippen molar-refractivity contribution in [3.05, 3.63) is 55.6 Å². The van der Waals surface area contributed by atoms with Crippen molar-refractivity contribution in [1.82, 2.24) is 10.5 Å². The second-order valence-corrected chi connectivity index (χ2v) is 9.32. The number of thiocarbonyl (C=S) groups is 1. The quantitative estimate of drug-likeness (QED) is 0.444. The molecule has 0 radical (unpaired) electrons. The molecule has 4 rings (SSSR count). The number of nitriles is 1. The van der Waals surface area contributed by atoms with Gasteiger partial charge in [0.15, 0.2) is 5.11 Å². The molecule has 1 aliphatic carbocycles. The Labute approximate surface area is 198 Å². The molecular formula is C21H16Cl2N4O2S2. The van der Waals surface area contributed by atoms with Crippen LogP contribution in [0.4, 0.5) is 5.00 Å². The van der Waals surface area contributed by atoms with E-state index in [1.165, 1.54) is 16.2 Å². The van der Waals surface area contributed by atoms with Gasteiger partial charge < -0.3 is 9.84 Å². The summed E-state index contributed by atoms with van der Waals surface area (Å²) in [7, 11) is 0. The summed E-state index contributed by atoms with van der Waals surface area (Å²) in [5, 5.41) is 20.7. The molecule has 31 heavy (non-hydrogen) atoms. The van der Waals surface area contributed by atoms with Crippen molar-refractivity contribution in [2.45, 2.75) is 32.6 Å². The number of hydrogen-bond acceptors (Lipinski definition) is 6. The van der Waals surface area contributed by atoms with Crippen molar-refractivity contribution in [3.8, 4) is 17.3 Å². The molecule has 0 unspecified atom stereocenters. The number of anilines is 1. The van der Waals surface area contributed by atoms with Gasteiger partial charge in [0.2, 0.25) is 0 Å². The number of amides is 1. The number of benzene rings is 1. The Morgan fingerprint density at radius 1 is 1.29 bits per heavy atom. The molecule has 0 bridgehead atoms. The number of halogens is 2. The zero-order valence-electron chi connectivity index (χ0n) is 16.3. The molecule has 0 aliphatic heterocycles. The van der Waals surface area contributed by atoms with Crippen LogP contribution in [0.5, 0.6) is 0 Å². The number of hydrogen-bond donors (Lipinski definition) is 2. The molecule has 10 heteroatoms. The van der Waals surface area contributed by atoms with Crippen molar-refractivity contribution < 1.29 is 9.32 Å². The van der Waals surface area contributed by atoms with E-state index in [9.17, 15) is 10.1 Å². The summed E-state index contributed by atoms with van der Waals surface area (Å²) >= 11 is 19.4. The Balaban J connectivity index is 1.58. The van der Waals surface area contributed by atoms with Crippen LogP contribution in [0.2, 0.25) is 10.0 Å². The third kappa shape index (κ3) is 4.19. The minimum absolute atomic E-state index is 0.0805. The molecule has 0 saturated heterocycles. The van der Waals surface area contributed by atoms with Crippen LogP contribution in [0.15, 0.2) is 22.7 Å². The first-order chi connectivity index (χ1) is 14.9. The molecule has 6 nitrogen and oxygen atoms in total. The molecule has 158 valence electrons. The van der Waals surface area contributed by atoms with E-state index in [-0.39, 0.29) is 16.4 Å². The lowest BCUT2D eigenvalue weighted by molar-refractivity contribution is 0.0977. The lowest BCUT2D eigenvalue weighted by Gasteiger charge is -2.10. The van der Waals surface area contributed by atoms with E-state index in [1.54, 1.807) is 25.1 Å². The first kappa shape index (κ1) is 21.8. The van der Waals surface area contributed by atoms with Gasteiger partial charge in [0.25, 0.3) is 5.91 Å². The third-order valence-electron chi connectivity index (χ3n) is 5.03. The molecule has 0 atom stereocenters. The number of carbonyl (C=O) groups excluding carboxylic acids is 1. The Morgan fingerprint density at radius 3 is 2.71 bits per heavy atom. The Morgan fingerprint density at radius 2 is 2.00 bits per heavy atom. The highest BCUT2D eigenvalue weighted by molar-refractivity contribution is 7.80. The normalized spacial score (nSPS) is 12.7. The minimum atomic E-state index is -0.512. The average Bonchev–Trinajstić information content (AvgIpc) is 3.27. The van der Waals surface area contributed by atoms with Gasteiger partial charge >= 0.3 is 0 Å². The number of nitrogens with one attached hydrogen (secondary N) is 2. The van der Waals surface area contributed by atoms with Crippen molar-refractivity contribution >= 4 is 62.8 Å². The number of aromatic nitrogens is 1. The number of carbonyl (C=O) groups is 1. The van der Waals surface area contributed by atoms with E-state index < -0.39 is 5.91 Å². The number of aryl methyl sites for hydroxylation is 2. The molecule has 2 heterocycles. The van der Waals surface area contributed by atoms with Gasteiger partial charge in [-0.1, -0.05) is 34.4 Å². The van der Waals surface area contributed by atoms with Crippen LogP contribution < -0.4 is 10.6 Å². The average molecular weight is 491 g/mol. The fourth-order valence-corrected chi connectivity index (χ4v) is 5.69. The summed E-state index contributed by atoms with van der Waals surface area (Å²) in [6.45, 7) is 1.62. The maximum Gasteiger partial charge on any atom is 0.263 e. The minimum Gasteiger partial charge on any atom is -0.360 e. The molecule has 0 spiro atoms. The fourth-order valence-electron chi connectivity index (χ4n) is 3.61. The summed E-state index contributed by atoms with van der Waals surface area (Å²) in [5.41, 5.74) is 2.51. The Bertz CT molecular complexity index is 1220. The van der Waals surface area contributed by atoms with E-state index in [0.29, 0.717) is 31.9 Å². The molecule has 1 amide bonds. The second-order valence-electron chi connectivity index (χ2n) is 6.99. The van der Waals surface area contributed by atoms with Crippen LogP contribution in [0, 0.1) is 18.3 Å². The van der Waals surface area contributed by atoms with Crippen LogP contribution in [0.1, 0.15) is 45.0 Å².